The number of aromatic nitrogens is 2. The summed E-state index contributed by atoms with van der Waals surface area (Å²) >= 11 is 0. The molecule has 1 aliphatic carbocycles. The van der Waals surface area contributed by atoms with Crippen molar-refractivity contribution in [3.05, 3.63) is 24.0 Å². The first-order valence-corrected chi connectivity index (χ1v) is 8.13. The molecule has 116 valence electrons. The monoisotopic (exact) mass is 298 g/mol. The average Bonchev–Trinajstić information content (AvgIpc) is 3.14. The second-order valence-corrected chi connectivity index (χ2v) is 7.60. The van der Waals surface area contributed by atoms with Gasteiger partial charge in [0.2, 0.25) is 0 Å². The zero-order chi connectivity index (χ0) is 15.7. The van der Waals surface area contributed by atoms with Crippen LogP contribution in [0.5, 0.6) is 0 Å². The second kappa shape index (κ2) is 4.36. The molecule has 1 aliphatic heterocycles. The van der Waals surface area contributed by atoms with Crippen molar-refractivity contribution in [3.63, 3.8) is 0 Å². The van der Waals surface area contributed by atoms with Gasteiger partial charge in [-0.1, -0.05) is 6.07 Å². The zero-order valence-electron chi connectivity index (χ0n) is 14.0. The van der Waals surface area contributed by atoms with Gasteiger partial charge in [-0.25, -0.2) is 4.98 Å². The number of rotatable bonds is 2. The minimum absolute atomic E-state index is 0.306. The standard InChI is InChI=1S/C17H23BN2O2/c1-11-19-14-9-6-12(10-15(14)20(11)13-7-8-13)18-21-16(2,3)17(4,5)22-18/h6,9-10,13H,7-8H2,1-5H3. The lowest BCUT2D eigenvalue weighted by atomic mass is 9.79. The molecule has 0 unspecified atom stereocenters. The van der Waals surface area contributed by atoms with E-state index in [-0.39, 0.29) is 18.3 Å². The minimum atomic E-state index is -0.308. The third kappa shape index (κ3) is 2.03. The predicted octanol–water partition coefficient (Wildman–Crippen LogP) is 2.98. The lowest BCUT2D eigenvalue weighted by molar-refractivity contribution is 0.00578. The van der Waals surface area contributed by atoms with E-state index in [9.17, 15) is 0 Å². The molecule has 0 spiro atoms. The number of hydrogen-bond acceptors (Lipinski definition) is 3. The molecule has 1 aromatic heterocycles. The summed E-state index contributed by atoms with van der Waals surface area (Å²) in [5.41, 5.74) is 2.73. The number of aryl methyl sites for hydroxylation is 1. The van der Waals surface area contributed by atoms with E-state index in [1.165, 1.54) is 18.4 Å². The summed E-state index contributed by atoms with van der Waals surface area (Å²) in [5, 5.41) is 0. The molecule has 0 radical (unpaired) electrons. The van der Waals surface area contributed by atoms with E-state index in [1.54, 1.807) is 0 Å². The normalized spacial score (nSPS) is 23.4. The Morgan fingerprint density at radius 1 is 1.14 bits per heavy atom. The molecule has 22 heavy (non-hydrogen) atoms. The van der Waals surface area contributed by atoms with Gasteiger partial charge in [0, 0.05) is 6.04 Å². The van der Waals surface area contributed by atoms with Crippen molar-refractivity contribution in [2.24, 2.45) is 0 Å². The molecule has 0 N–H and O–H groups in total. The second-order valence-electron chi connectivity index (χ2n) is 7.60. The summed E-state index contributed by atoms with van der Waals surface area (Å²) in [4.78, 5) is 4.68. The molecule has 2 aliphatic rings. The number of benzene rings is 1. The smallest absolute Gasteiger partial charge is 0.399 e. The topological polar surface area (TPSA) is 36.3 Å². The van der Waals surface area contributed by atoms with Crippen LogP contribution < -0.4 is 5.46 Å². The van der Waals surface area contributed by atoms with Crippen molar-refractivity contribution in [2.45, 2.75) is 64.7 Å². The first-order chi connectivity index (χ1) is 10.3. The molecule has 0 amide bonds. The minimum Gasteiger partial charge on any atom is -0.399 e. The van der Waals surface area contributed by atoms with Crippen LogP contribution in [0.4, 0.5) is 0 Å². The van der Waals surface area contributed by atoms with Crippen LogP contribution in [0.3, 0.4) is 0 Å². The van der Waals surface area contributed by atoms with Crippen LogP contribution in [0, 0.1) is 6.92 Å². The fraction of sp³-hybridized carbons (Fsp3) is 0.588. The lowest BCUT2D eigenvalue weighted by Crippen LogP contribution is -2.41. The van der Waals surface area contributed by atoms with Crippen molar-refractivity contribution >= 4 is 23.6 Å². The lowest BCUT2D eigenvalue weighted by Gasteiger charge is -2.32. The van der Waals surface area contributed by atoms with Crippen LogP contribution in [0.2, 0.25) is 0 Å². The van der Waals surface area contributed by atoms with Gasteiger partial charge in [-0.15, -0.1) is 0 Å². The highest BCUT2D eigenvalue weighted by Crippen LogP contribution is 2.39. The maximum atomic E-state index is 6.17. The number of nitrogens with zero attached hydrogens (tertiary/aromatic N) is 2. The van der Waals surface area contributed by atoms with Crippen molar-refractivity contribution in [3.8, 4) is 0 Å². The van der Waals surface area contributed by atoms with Crippen molar-refractivity contribution in [2.75, 3.05) is 0 Å². The molecular formula is C17H23BN2O2. The number of hydrogen-bond donors (Lipinski definition) is 0. The summed E-state index contributed by atoms with van der Waals surface area (Å²) in [6, 6.07) is 6.98. The highest BCUT2D eigenvalue weighted by molar-refractivity contribution is 6.62. The molecule has 1 aromatic carbocycles. The summed E-state index contributed by atoms with van der Waals surface area (Å²) in [6.45, 7) is 10.4. The third-order valence-electron chi connectivity index (χ3n) is 5.33. The molecule has 0 atom stereocenters. The Balaban J connectivity index is 1.76. The Bertz CT molecular complexity index is 730. The molecule has 2 aromatic rings. The predicted molar refractivity (Wildman–Crippen MR) is 88.5 cm³/mol. The maximum absolute atomic E-state index is 6.17. The van der Waals surface area contributed by atoms with Gasteiger partial charge in [0.15, 0.2) is 0 Å². The molecule has 4 rings (SSSR count). The van der Waals surface area contributed by atoms with Crippen molar-refractivity contribution < 1.29 is 9.31 Å². The molecule has 5 heteroatoms. The van der Waals surface area contributed by atoms with Crippen LogP contribution in [-0.2, 0) is 9.31 Å². The van der Waals surface area contributed by atoms with Gasteiger partial charge >= 0.3 is 7.12 Å². The molecule has 4 nitrogen and oxygen atoms in total. The van der Waals surface area contributed by atoms with Gasteiger partial charge in [0.1, 0.15) is 5.82 Å². The zero-order valence-corrected chi connectivity index (χ0v) is 14.0. The third-order valence-corrected chi connectivity index (χ3v) is 5.33. The average molecular weight is 298 g/mol. The summed E-state index contributed by atoms with van der Waals surface area (Å²) in [7, 11) is -0.308. The van der Waals surface area contributed by atoms with E-state index in [0.717, 1.165) is 16.8 Å². The van der Waals surface area contributed by atoms with E-state index >= 15 is 0 Å². The number of fused-ring (bicyclic) bond motifs is 1. The molecule has 2 fully saturated rings. The Labute approximate surface area is 132 Å². The molecule has 1 saturated carbocycles. The molecule has 0 bridgehead atoms. The van der Waals surface area contributed by atoms with Gasteiger partial charge in [-0.05, 0) is 65.1 Å². The Hall–Kier alpha value is -1.33. The number of imidazole rings is 1. The van der Waals surface area contributed by atoms with Crippen LogP contribution in [0.15, 0.2) is 18.2 Å². The van der Waals surface area contributed by atoms with E-state index in [2.05, 4.69) is 62.4 Å². The Kier molecular flexibility index (Phi) is 2.83. The first-order valence-electron chi connectivity index (χ1n) is 8.13. The summed E-state index contributed by atoms with van der Waals surface area (Å²) in [6.07, 6.45) is 2.51. The van der Waals surface area contributed by atoms with E-state index < -0.39 is 0 Å². The summed E-state index contributed by atoms with van der Waals surface area (Å²) < 4.78 is 14.7. The SMILES string of the molecule is Cc1nc2ccc(B3OC(C)(C)C(C)(C)O3)cc2n1C1CC1. The molecule has 2 heterocycles. The Morgan fingerprint density at radius 2 is 1.77 bits per heavy atom. The Morgan fingerprint density at radius 3 is 2.36 bits per heavy atom. The van der Waals surface area contributed by atoms with Gasteiger partial charge in [0.05, 0.1) is 22.2 Å². The van der Waals surface area contributed by atoms with Gasteiger partial charge < -0.3 is 13.9 Å². The quantitative estimate of drug-likeness (QED) is 0.800. The van der Waals surface area contributed by atoms with E-state index in [0.29, 0.717) is 6.04 Å². The van der Waals surface area contributed by atoms with Gasteiger partial charge in [-0.3, -0.25) is 0 Å². The molecular weight excluding hydrogens is 275 g/mol. The van der Waals surface area contributed by atoms with Crippen molar-refractivity contribution in [1.82, 2.24) is 9.55 Å². The fourth-order valence-corrected chi connectivity index (χ4v) is 3.15. The molecule has 1 saturated heterocycles. The highest BCUT2D eigenvalue weighted by Gasteiger charge is 2.51. The van der Waals surface area contributed by atoms with Crippen LogP contribution in [-0.4, -0.2) is 27.9 Å². The van der Waals surface area contributed by atoms with E-state index in [1.807, 2.05) is 0 Å². The fourth-order valence-electron chi connectivity index (χ4n) is 3.15. The van der Waals surface area contributed by atoms with Gasteiger partial charge in [0.25, 0.3) is 0 Å². The van der Waals surface area contributed by atoms with Crippen LogP contribution in [0.1, 0.15) is 52.4 Å². The van der Waals surface area contributed by atoms with Gasteiger partial charge in [-0.2, -0.15) is 0 Å². The summed E-state index contributed by atoms with van der Waals surface area (Å²) in [5.74, 6) is 1.10. The first kappa shape index (κ1) is 14.3. The van der Waals surface area contributed by atoms with E-state index in [4.69, 9.17) is 9.31 Å². The van der Waals surface area contributed by atoms with Crippen LogP contribution in [0.25, 0.3) is 11.0 Å². The largest absolute Gasteiger partial charge is 0.494 e. The van der Waals surface area contributed by atoms with Crippen LogP contribution >= 0.6 is 0 Å². The maximum Gasteiger partial charge on any atom is 0.494 e. The van der Waals surface area contributed by atoms with Crippen molar-refractivity contribution in [1.29, 1.82) is 0 Å². The highest BCUT2D eigenvalue weighted by atomic mass is 16.7.